The monoisotopic (exact) mass is 306 g/mol. The molecule has 1 aliphatic carbocycles. The number of rotatable bonds is 6. The molecular formula is C16H26N4O2. The third kappa shape index (κ3) is 3.87. The average molecular weight is 306 g/mol. The van der Waals surface area contributed by atoms with Crippen molar-refractivity contribution in [3.63, 3.8) is 0 Å². The van der Waals surface area contributed by atoms with Crippen molar-refractivity contribution in [1.29, 1.82) is 0 Å². The number of amides is 1. The van der Waals surface area contributed by atoms with Crippen molar-refractivity contribution in [1.82, 2.24) is 20.6 Å². The number of hydrogen-bond acceptors (Lipinski definition) is 4. The van der Waals surface area contributed by atoms with Crippen molar-refractivity contribution in [2.75, 3.05) is 19.7 Å². The van der Waals surface area contributed by atoms with Crippen molar-refractivity contribution in [2.24, 2.45) is 0 Å². The number of H-pyrrole nitrogens is 1. The molecule has 0 spiro atoms. The lowest BCUT2D eigenvalue weighted by molar-refractivity contribution is -0.123. The van der Waals surface area contributed by atoms with Crippen molar-refractivity contribution in [3.05, 3.63) is 17.7 Å². The van der Waals surface area contributed by atoms with Crippen LogP contribution >= 0.6 is 0 Å². The van der Waals surface area contributed by atoms with Gasteiger partial charge in [-0.2, -0.15) is 0 Å². The quantitative estimate of drug-likeness (QED) is 0.695. The maximum atomic E-state index is 12.3. The van der Waals surface area contributed by atoms with Gasteiger partial charge >= 0.3 is 0 Å². The number of aromatic nitrogens is 2. The Balaban J connectivity index is 1.35. The smallest absolute Gasteiger partial charge is 0.243 e. The van der Waals surface area contributed by atoms with Crippen molar-refractivity contribution in [3.8, 4) is 0 Å². The molecule has 1 aromatic rings. The van der Waals surface area contributed by atoms with Gasteiger partial charge in [-0.25, -0.2) is 4.98 Å². The third-order valence-electron chi connectivity index (χ3n) is 4.54. The molecule has 0 bridgehead atoms. The Labute approximate surface area is 131 Å². The fourth-order valence-electron chi connectivity index (χ4n) is 3.30. The van der Waals surface area contributed by atoms with Gasteiger partial charge in [0.15, 0.2) is 0 Å². The summed E-state index contributed by atoms with van der Waals surface area (Å²) < 4.78 is 5.87. The van der Waals surface area contributed by atoms with Gasteiger partial charge in [0.1, 0.15) is 6.04 Å². The Morgan fingerprint density at radius 1 is 1.36 bits per heavy atom. The zero-order chi connectivity index (χ0) is 15.2. The predicted molar refractivity (Wildman–Crippen MR) is 83.5 cm³/mol. The molecule has 1 aliphatic heterocycles. The van der Waals surface area contributed by atoms with Gasteiger partial charge in [0, 0.05) is 31.8 Å². The first-order chi connectivity index (χ1) is 10.8. The molecule has 1 aromatic heterocycles. The Morgan fingerprint density at radius 2 is 2.23 bits per heavy atom. The van der Waals surface area contributed by atoms with Crippen molar-refractivity contribution in [2.45, 2.75) is 57.1 Å². The van der Waals surface area contributed by atoms with Gasteiger partial charge in [-0.15, -0.1) is 0 Å². The molecule has 3 rings (SSSR count). The summed E-state index contributed by atoms with van der Waals surface area (Å²) in [5.41, 5.74) is 1.90. The van der Waals surface area contributed by atoms with Crippen LogP contribution in [-0.4, -0.2) is 41.7 Å². The molecule has 0 unspecified atom stereocenters. The van der Waals surface area contributed by atoms with Gasteiger partial charge in [0.05, 0.1) is 18.1 Å². The van der Waals surface area contributed by atoms with Crippen LogP contribution in [-0.2, 0) is 16.0 Å². The van der Waals surface area contributed by atoms with Crippen LogP contribution in [0.1, 0.15) is 56.0 Å². The lowest BCUT2D eigenvalue weighted by Crippen LogP contribution is -2.42. The van der Waals surface area contributed by atoms with Crippen LogP contribution in [0.4, 0.5) is 0 Å². The largest absolute Gasteiger partial charge is 0.378 e. The number of nitrogens with zero attached hydrogens (tertiary/aromatic N) is 1. The standard InChI is InChI=1S/C16H26N4O2/c21-16(15-14-13(7-9-17-15)19-11-20-14)18-8-4-10-22-12-5-2-1-3-6-12/h11-12,15,17H,1-10H2,(H,18,21)(H,19,20)/t15-/m1/s1. The van der Waals surface area contributed by atoms with Gasteiger partial charge < -0.3 is 20.4 Å². The summed E-state index contributed by atoms with van der Waals surface area (Å²) >= 11 is 0. The maximum Gasteiger partial charge on any atom is 0.243 e. The van der Waals surface area contributed by atoms with E-state index in [2.05, 4.69) is 20.6 Å². The highest BCUT2D eigenvalue weighted by Crippen LogP contribution is 2.20. The fraction of sp³-hybridized carbons (Fsp3) is 0.750. The number of imidazole rings is 1. The van der Waals surface area contributed by atoms with E-state index in [-0.39, 0.29) is 11.9 Å². The van der Waals surface area contributed by atoms with Crippen LogP contribution in [0.15, 0.2) is 6.33 Å². The van der Waals surface area contributed by atoms with E-state index in [1.165, 1.54) is 32.1 Å². The van der Waals surface area contributed by atoms with Crippen LogP contribution in [0.3, 0.4) is 0 Å². The molecule has 122 valence electrons. The normalized spacial score (nSPS) is 22.3. The van der Waals surface area contributed by atoms with Gasteiger partial charge in [0.25, 0.3) is 0 Å². The molecule has 22 heavy (non-hydrogen) atoms. The van der Waals surface area contributed by atoms with E-state index in [9.17, 15) is 4.79 Å². The SMILES string of the molecule is O=C(NCCCOC1CCCCC1)[C@@H]1NCCc2[nH]cnc21. The summed E-state index contributed by atoms with van der Waals surface area (Å²) in [4.78, 5) is 19.6. The molecular weight excluding hydrogens is 280 g/mol. The van der Waals surface area contributed by atoms with Crippen LogP contribution in [0.25, 0.3) is 0 Å². The second-order valence-electron chi connectivity index (χ2n) is 6.18. The number of fused-ring (bicyclic) bond motifs is 1. The molecule has 1 saturated carbocycles. The first-order valence-corrected chi connectivity index (χ1v) is 8.49. The Kier molecular flexibility index (Phi) is 5.45. The highest BCUT2D eigenvalue weighted by atomic mass is 16.5. The summed E-state index contributed by atoms with van der Waals surface area (Å²) in [6.45, 7) is 2.19. The molecule has 0 radical (unpaired) electrons. The molecule has 1 fully saturated rings. The molecule has 1 atom stereocenters. The van der Waals surface area contributed by atoms with Gasteiger partial charge in [-0.3, -0.25) is 4.79 Å². The lowest BCUT2D eigenvalue weighted by atomic mass is 9.98. The summed E-state index contributed by atoms with van der Waals surface area (Å²) in [6, 6.07) is -0.325. The van der Waals surface area contributed by atoms with Gasteiger partial charge in [0.2, 0.25) is 5.91 Å². The zero-order valence-corrected chi connectivity index (χ0v) is 13.1. The van der Waals surface area contributed by atoms with E-state index in [1.54, 1.807) is 6.33 Å². The van der Waals surface area contributed by atoms with Crippen LogP contribution in [0.5, 0.6) is 0 Å². The number of nitrogens with one attached hydrogen (secondary N) is 3. The second-order valence-corrected chi connectivity index (χ2v) is 6.18. The van der Waals surface area contributed by atoms with Crippen LogP contribution < -0.4 is 10.6 Å². The molecule has 6 nitrogen and oxygen atoms in total. The number of carbonyl (C=O) groups excluding carboxylic acids is 1. The predicted octanol–water partition coefficient (Wildman–Crippen LogP) is 1.45. The number of hydrogen-bond donors (Lipinski definition) is 3. The summed E-state index contributed by atoms with van der Waals surface area (Å²) in [6.07, 6.45) is 10.2. The average Bonchev–Trinajstić information content (AvgIpc) is 3.04. The fourth-order valence-corrected chi connectivity index (χ4v) is 3.30. The summed E-state index contributed by atoms with van der Waals surface area (Å²) in [5, 5.41) is 6.21. The first-order valence-electron chi connectivity index (χ1n) is 8.49. The van der Waals surface area contributed by atoms with Gasteiger partial charge in [-0.1, -0.05) is 19.3 Å². The molecule has 3 N–H and O–H groups in total. The third-order valence-corrected chi connectivity index (χ3v) is 4.54. The maximum absolute atomic E-state index is 12.3. The minimum Gasteiger partial charge on any atom is -0.378 e. The van der Waals surface area contributed by atoms with E-state index in [0.29, 0.717) is 12.6 Å². The van der Waals surface area contributed by atoms with Crippen molar-refractivity contribution >= 4 is 5.91 Å². The molecule has 0 aromatic carbocycles. The van der Waals surface area contributed by atoms with E-state index in [4.69, 9.17) is 4.74 Å². The Bertz CT molecular complexity index is 482. The topological polar surface area (TPSA) is 79.0 Å². The lowest BCUT2D eigenvalue weighted by Gasteiger charge is -2.23. The zero-order valence-electron chi connectivity index (χ0n) is 13.1. The summed E-state index contributed by atoms with van der Waals surface area (Å²) in [5.74, 6) is 0.00529. The van der Waals surface area contributed by atoms with E-state index in [1.807, 2.05) is 0 Å². The minimum absolute atomic E-state index is 0.00529. The first kappa shape index (κ1) is 15.5. The molecule has 2 heterocycles. The Hall–Kier alpha value is -1.40. The Morgan fingerprint density at radius 3 is 3.09 bits per heavy atom. The molecule has 2 aliphatic rings. The second kappa shape index (κ2) is 7.74. The summed E-state index contributed by atoms with van der Waals surface area (Å²) in [7, 11) is 0. The van der Waals surface area contributed by atoms with Gasteiger partial charge in [-0.05, 0) is 19.3 Å². The number of carbonyl (C=O) groups is 1. The number of ether oxygens (including phenoxy) is 1. The van der Waals surface area contributed by atoms with Crippen molar-refractivity contribution < 1.29 is 9.53 Å². The molecule has 1 amide bonds. The minimum atomic E-state index is -0.325. The van der Waals surface area contributed by atoms with E-state index >= 15 is 0 Å². The highest BCUT2D eigenvalue weighted by Gasteiger charge is 2.27. The van der Waals surface area contributed by atoms with Crippen LogP contribution in [0.2, 0.25) is 0 Å². The molecule has 0 saturated heterocycles. The van der Waals surface area contributed by atoms with E-state index < -0.39 is 0 Å². The molecule has 6 heteroatoms. The van der Waals surface area contributed by atoms with E-state index in [0.717, 1.165) is 37.4 Å². The van der Waals surface area contributed by atoms with Crippen LogP contribution in [0, 0.1) is 0 Å². The number of aromatic amines is 1. The highest BCUT2D eigenvalue weighted by molar-refractivity contribution is 5.83.